The summed E-state index contributed by atoms with van der Waals surface area (Å²) in [4.78, 5) is 35.7. The number of H-pyrrole nitrogens is 1. The molecule has 0 saturated carbocycles. The van der Waals surface area contributed by atoms with Crippen LogP contribution in [0.2, 0.25) is 0 Å². The molecule has 1 N–H and O–H groups in total. The zero-order valence-electron chi connectivity index (χ0n) is 12.7. The quantitative estimate of drug-likeness (QED) is 0.842. The lowest BCUT2D eigenvalue weighted by atomic mass is 10.1. The fraction of sp³-hybridized carbons (Fsp3) is 0.429. The van der Waals surface area contributed by atoms with Gasteiger partial charge in [-0.05, 0) is 13.3 Å². The molecule has 2 aromatic heterocycles. The number of nitrogens with zero attached hydrogens (tertiary/aromatic N) is 3. The van der Waals surface area contributed by atoms with Crippen molar-refractivity contribution in [1.29, 1.82) is 0 Å². The molecule has 1 aliphatic rings. The van der Waals surface area contributed by atoms with Crippen LogP contribution in [0.25, 0.3) is 0 Å². The number of nitrogens with one attached hydrogen (secondary N) is 1. The van der Waals surface area contributed by atoms with E-state index in [4.69, 9.17) is 4.74 Å². The number of carbonyl (C=O) groups excluding carboxylic acids is 1. The van der Waals surface area contributed by atoms with Crippen LogP contribution in [0, 0.1) is 0 Å². The lowest BCUT2D eigenvalue weighted by molar-refractivity contribution is 0.0520. The van der Waals surface area contributed by atoms with Gasteiger partial charge >= 0.3 is 5.97 Å². The molecule has 0 aliphatic carbocycles. The van der Waals surface area contributed by atoms with Gasteiger partial charge in [-0.25, -0.2) is 23.5 Å². The monoisotopic (exact) mass is 356 g/mol. The fourth-order valence-electron chi connectivity index (χ4n) is 2.48. The van der Waals surface area contributed by atoms with E-state index in [2.05, 4.69) is 15.0 Å². The molecule has 10 heteroatoms. The van der Waals surface area contributed by atoms with Gasteiger partial charge in [-0.1, -0.05) is 11.3 Å². The number of anilines is 1. The predicted molar refractivity (Wildman–Crippen MR) is 82.6 cm³/mol. The first kappa shape index (κ1) is 16.5. The molecular formula is C14H14F2N4O3S. The van der Waals surface area contributed by atoms with Crippen molar-refractivity contribution in [2.75, 3.05) is 18.1 Å². The van der Waals surface area contributed by atoms with E-state index in [-0.39, 0.29) is 23.6 Å². The number of rotatable bonds is 4. The smallest absolute Gasteiger partial charge is 0.350 e. The minimum atomic E-state index is -2.87. The van der Waals surface area contributed by atoms with Crippen molar-refractivity contribution in [3.8, 4) is 0 Å². The summed E-state index contributed by atoms with van der Waals surface area (Å²) in [5.74, 6) is -0.802. The molecule has 0 atom stereocenters. The molecule has 0 unspecified atom stereocenters. The van der Waals surface area contributed by atoms with Crippen LogP contribution in [0.4, 0.5) is 13.9 Å². The van der Waals surface area contributed by atoms with Crippen LogP contribution in [-0.2, 0) is 17.7 Å². The van der Waals surface area contributed by atoms with Crippen molar-refractivity contribution in [1.82, 2.24) is 15.0 Å². The maximum absolute atomic E-state index is 13.2. The summed E-state index contributed by atoms with van der Waals surface area (Å²) in [6.45, 7) is 2.41. The molecule has 3 heterocycles. The van der Waals surface area contributed by atoms with E-state index < -0.39 is 18.1 Å². The minimum absolute atomic E-state index is 0.0958. The van der Waals surface area contributed by atoms with Gasteiger partial charge in [0.05, 0.1) is 25.2 Å². The van der Waals surface area contributed by atoms with Crippen LogP contribution in [0.3, 0.4) is 0 Å². The van der Waals surface area contributed by atoms with Gasteiger partial charge in [0.1, 0.15) is 10.6 Å². The molecule has 0 spiro atoms. The van der Waals surface area contributed by atoms with Gasteiger partial charge in [0.15, 0.2) is 5.13 Å². The Balaban J connectivity index is 1.92. The number of esters is 1. The molecule has 0 aromatic carbocycles. The molecule has 0 fully saturated rings. The van der Waals surface area contributed by atoms with Crippen molar-refractivity contribution in [3.63, 3.8) is 0 Å². The summed E-state index contributed by atoms with van der Waals surface area (Å²) in [7, 11) is 0. The first-order valence-electron chi connectivity index (χ1n) is 7.27. The van der Waals surface area contributed by atoms with E-state index in [1.165, 1.54) is 6.33 Å². The Morgan fingerprint density at radius 1 is 1.54 bits per heavy atom. The molecular weight excluding hydrogens is 342 g/mol. The molecule has 3 rings (SSSR count). The fourth-order valence-corrected chi connectivity index (χ4v) is 3.47. The van der Waals surface area contributed by atoms with Crippen molar-refractivity contribution in [2.24, 2.45) is 0 Å². The summed E-state index contributed by atoms with van der Waals surface area (Å²) >= 11 is 0.868. The Kier molecular flexibility index (Phi) is 4.56. The van der Waals surface area contributed by atoms with Crippen LogP contribution in [0.1, 0.15) is 40.0 Å². The second kappa shape index (κ2) is 6.63. The van der Waals surface area contributed by atoms with Crippen LogP contribution < -0.4 is 10.5 Å². The van der Waals surface area contributed by atoms with E-state index in [1.54, 1.807) is 11.8 Å². The third-order valence-corrected chi connectivity index (χ3v) is 4.70. The lowest BCUT2D eigenvalue weighted by Gasteiger charge is -2.26. The lowest BCUT2D eigenvalue weighted by Crippen LogP contribution is -2.34. The van der Waals surface area contributed by atoms with Gasteiger partial charge < -0.3 is 14.6 Å². The van der Waals surface area contributed by atoms with Crippen LogP contribution in [-0.4, -0.2) is 34.1 Å². The van der Waals surface area contributed by atoms with Gasteiger partial charge in [0.25, 0.3) is 12.0 Å². The standard InChI is InChI=1S/C14H14F2N4O3S/c1-2-23-13(22)10-9(11(15)16)19-14(24-10)20-4-3-7-8(5-20)17-6-18-12(7)21/h6,11H,2-5H2,1H3,(H,17,18,21). The summed E-state index contributed by atoms with van der Waals surface area (Å²) in [5, 5.41) is 0.293. The predicted octanol–water partition coefficient (Wildman–Crippen LogP) is 1.90. The second-order valence-corrected chi connectivity index (χ2v) is 6.04. The number of hydrogen-bond donors (Lipinski definition) is 1. The molecule has 0 radical (unpaired) electrons. The Morgan fingerprint density at radius 2 is 2.33 bits per heavy atom. The van der Waals surface area contributed by atoms with Crippen molar-refractivity contribution in [2.45, 2.75) is 26.3 Å². The van der Waals surface area contributed by atoms with Crippen molar-refractivity contribution < 1.29 is 18.3 Å². The van der Waals surface area contributed by atoms with Crippen LogP contribution >= 0.6 is 11.3 Å². The number of carbonyl (C=O) groups is 1. The van der Waals surface area contributed by atoms with E-state index in [1.807, 2.05) is 0 Å². The molecule has 0 saturated heterocycles. The summed E-state index contributed by atoms with van der Waals surface area (Å²) in [5.41, 5.74) is 0.402. The van der Waals surface area contributed by atoms with E-state index >= 15 is 0 Å². The zero-order valence-corrected chi connectivity index (χ0v) is 13.5. The number of halogens is 2. The molecule has 128 valence electrons. The topological polar surface area (TPSA) is 88.2 Å². The normalized spacial score (nSPS) is 13.9. The highest BCUT2D eigenvalue weighted by molar-refractivity contribution is 7.17. The Morgan fingerprint density at radius 3 is 3.04 bits per heavy atom. The summed E-state index contributed by atoms with van der Waals surface area (Å²) in [6.07, 6.45) is -1.13. The minimum Gasteiger partial charge on any atom is -0.462 e. The number of aromatic nitrogens is 3. The van der Waals surface area contributed by atoms with E-state index in [0.29, 0.717) is 29.4 Å². The summed E-state index contributed by atoms with van der Waals surface area (Å²) < 4.78 is 31.1. The van der Waals surface area contributed by atoms with Crippen molar-refractivity contribution in [3.05, 3.63) is 38.5 Å². The third kappa shape index (κ3) is 3.01. The van der Waals surface area contributed by atoms with Crippen molar-refractivity contribution >= 4 is 22.4 Å². The van der Waals surface area contributed by atoms with Crippen LogP contribution in [0.5, 0.6) is 0 Å². The Labute approximate surface area is 139 Å². The highest BCUT2D eigenvalue weighted by Gasteiger charge is 2.29. The SMILES string of the molecule is CCOC(=O)c1sc(N2CCc3c(nc[nH]c3=O)C2)nc1C(F)F. The molecule has 0 bridgehead atoms. The first-order valence-corrected chi connectivity index (χ1v) is 8.09. The largest absolute Gasteiger partial charge is 0.462 e. The number of aromatic amines is 1. The third-order valence-electron chi connectivity index (χ3n) is 3.59. The molecule has 24 heavy (non-hydrogen) atoms. The van der Waals surface area contributed by atoms with Gasteiger partial charge in [-0.15, -0.1) is 0 Å². The first-order chi connectivity index (χ1) is 11.5. The number of hydrogen-bond acceptors (Lipinski definition) is 7. The van der Waals surface area contributed by atoms with Gasteiger partial charge in [0.2, 0.25) is 0 Å². The van der Waals surface area contributed by atoms with E-state index in [0.717, 1.165) is 11.3 Å². The number of thiazole rings is 1. The molecule has 2 aromatic rings. The van der Waals surface area contributed by atoms with E-state index in [9.17, 15) is 18.4 Å². The Bertz CT molecular complexity index is 821. The Hall–Kier alpha value is -2.36. The average molecular weight is 356 g/mol. The van der Waals surface area contributed by atoms with Gasteiger partial charge in [-0.3, -0.25) is 4.79 Å². The molecule has 7 nitrogen and oxygen atoms in total. The second-order valence-electron chi connectivity index (χ2n) is 5.06. The molecule has 0 amide bonds. The highest BCUT2D eigenvalue weighted by atomic mass is 32.1. The summed E-state index contributed by atoms with van der Waals surface area (Å²) in [6, 6.07) is 0. The maximum Gasteiger partial charge on any atom is 0.350 e. The van der Waals surface area contributed by atoms with Gasteiger partial charge in [-0.2, -0.15) is 0 Å². The number of alkyl halides is 2. The molecule has 1 aliphatic heterocycles. The highest BCUT2D eigenvalue weighted by Crippen LogP contribution is 2.34. The number of ether oxygens (including phenoxy) is 1. The van der Waals surface area contributed by atoms with Gasteiger partial charge in [0, 0.05) is 12.1 Å². The average Bonchev–Trinajstić information content (AvgIpc) is 3.01. The van der Waals surface area contributed by atoms with Crippen LogP contribution in [0.15, 0.2) is 11.1 Å². The number of fused-ring (bicyclic) bond motifs is 1. The zero-order chi connectivity index (χ0) is 17.3. The maximum atomic E-state index is 13.2.